The fourth-order valence-electron chi connectivity index (χ4n) is 3.70. The fraction of sp³-hybridized carbons (Fsp3) is 0.833. The molecule has 196 valence electrons. The SMILES string of the molecule is C=C(C(=O)OCCCC(C(C)CCC(C)(CC(C(=O)OCC)C(C)C)[N+](=O)[O-])[N+](=O)[O-])C(C)C. The Labute approximate surface area is 202 Å². The van der Waals surface area contributed by atoms with Crippen molar-refractivity contribution in [3.63, 3.8) is 0 Å². The summed E-state index contributed by atoms with van der Waals surface area (Å²) in [7, 11) is 0. The van der Waals surface area contributed by atoms with Crippen molar-refractivity contribution in [3.8, 4) is 0 Å². The van der Waals surface area contributed by atoms with Crippen LogP contribution in [0.2, 0.25) is 0 Å². The molecule has 0 aliphatic carbocycles. The molecule has 0 radical (unpaired) electrons. The van der Waals surface area contributed by atoms with Crippen LogP contribution in [0.15, 0.2) is 12.2 Å². The average molecular weight is 487 g/mol. The minimum absolute atomic E-state index is 0.00202. The first-order valence-corrected chi connectivity index (χ1v) is 12.0. The molecule has 0 aliphatic heterocycles. The molecule has 0 saturated heterocycles. The van der Waals surface area contributed by atoms with Gasteiger partial charge in [0, 0.05) is 47.5 Å². The molecular weight excluding hydrogens is 444 g/mol. The zero-order valence-corrected chi connectivity index (χ0v) is 21.7. The van der Waals surface area contributed by atoms with E-state index in [1.807, 2.05) is 27.7 Å². The highest BCUT2D eigenvalue weighted by Gasteiger charge is 2.44. The molecule has 0 amide bonds. The predicted octanol–water partition coefficient (Wildman–Crippen LogP) is 4.84. The summed E-state index contributed by atoms with van der Waals surface area (Å²) in [6, 6.07) is -0.922. The minimum Gasteiger partial charge on any atom is -0.466 e. The van der Waals surface area contributed by atoms with E-state index in [4.69, 9.17) is 9.47 Å². The van der Waals surface area contributed by atoms with E-state index in [2.05, 4.69) is 6.58 Å². The number of rotatable bonds is 17. The molecule has 10 heteroatoms. The van der Waals surface area contributed by atoms with Crippen LogP contribution in [0.5, 0.6) is 0 Å². The number of hydrogen-bond acceptors (Lipinski definition) is 8. The number of hydrogen-bond donors (Lipinski definition) is 0. The third kappa shape index (κ3) is 10.2. The molecule has 0 rings (SSSR count). The third-order valence-corrected chi connectivity index (χ3v) is 6.40. The van der Waals surface area contributed by atoms with Gasteiger partial charge in [-0.2, -0.15) is 0 Å². The Morgan fingerprint density at radius 2 is 1.62 bits per heavy atom. The van der Waals surface area contributed by atoms with Gasteiger partial charge in [0.05, 0.1) is 19.1 Å². The van der Waals surface area contributed by atoms with E-state index in [-0.39, 0.29) is 55.7 Å². The number of carbonyl (C=O) groups is 2. The molecule has 10 nitrogen and oxygen atoms in total. The molecule has 0 aromatic carbocycles. The quantitative estimate of drug-likeness (QED) is 0.0935. The van der Waals surface area contributed by atoms with Crippen molar-refractivity contribution in [1.82, 2.24) is 0 Å². The van der Waals surface area contributed by atoms with Crippen LogP contribution in [0.4, 0.5) is 0 Å². The molecule has 0 aliphatic rings. The van der Waals surface area contributed by atoms with Crippen molar-refractivity contribution in [2.75, 3.05) is 13.2 Å². The van der Waals surface area contributed by atoms with Gasteiger partial charge in [0.15, 0.2) is 0 Å². The summed E-state index contributed by atoms with van der Waals surface area (Å²) in [6.07, 6.45) is 0.834. The summed E-state index contributed by atoms with van der Waals surface area (Å²) in [5, 5.41) is 23.6. The van der Waals surface area contributed by atoms with Gasteiger partial charge in [-0.05, 0) is 31.6 Å². The molecule has 0 aromatic heterocycles. The van der Waals surface area contributed by atoms with Gasteiger partial charge in [-0.1, -0.05) is 41.2 Å². The van der Waals surface area contributed by atoms with Crippen LogP contribution in [-0.4, -0.2) is 46.6 Å². The van der Waals surface area contributed by atoms with Gasteiger partial charge in [-0.15, -0.1) is 0 Å². The van der Waals surface area contributed by atoms with Gasteiger partial charge in [0.25, 0.3) is 0 Å². The molecule has 0 spiro atoms. The third-order valence-electron chi connectivity index (χ3n) is 6.40. The summed E-state index contributed by atoms with van der Waals surface area (Å²) >= 11 is 0. The summed E-state index contributed by atoms with van der Waals surface area (Å²) in [6.45, 7) is 16.1. The number of nitro groups is 2. The van der Waals surface area contributed by atoms with Gasteiger partial charge in [-0.3, -0.25) is 25.0 Å². The molecule has 0 fully saturated rings. The van der Waals surface area contributed by atoms with E-state index in [1.54, 1.807) is 13.8 Å². The minimum atomic E-state index is -1.41. The summed E-state index contributed by atoms with van der Waals surface area (Å²) < 4.78 is 10.2. The van der Waals surface area contributed by atoms with Crippen molar-refractivity contribution in [3.05, 3.63) is 32.4 Å². The fourth-order valence-corrected chi connectivity index (χ4v) is 3.70. The molecule has 4 unspecified atom stereocenters. The molecule has 0 bridgehead atoms. The zero-order chi connectivity index (χ0) is 26.6. The Morgan fingerprint density at radius 3 is 2.06 bits per heavy atom. The second-order valence-corrected chi connectivity index (χ2v) is 9.89. The lowest BCUT2D eigenvalue weighted by Gasteiger charge is -2.28. The Balaban J connectivity index is 5.09. The predicted molar refractivity (Wildman–Crippen MR) is 128 cm³/mol. The Kier molecular flexibility index (Phi) is 13.6. The summed E-state index contributed by atoms with van der Waals surface area (Å²) in [4.78, 5) is 47.0. The topological polar surface area (TPSA) is 139 Å². The molecule has 34 heavy (non-hydrogen) atoms. The average Bonchev–Trinajstić information content (AvgIpc) is 2.74. The number of carbonyl (C=O) groups excluding carboxylic acids is 2. The van der Waals surface area contributed by atoms with Crippen molar-refractivity contribution < 1.29 is 28.9 Å². The highest BCUT2D eigenvalue weighted by Crippen LogP contribution is 2.32. The van der Waals surface area contributed by atoms with Gasteiger partial charge < -0.3 is 9.47 Å². The van der Waals surface area contributed by atoms with Crippen LogP contribution in [0.1, 0.15) is 80.6 Å². The zero-order valence-electron chi connectivity index (χ0n) is 21.7. The van der Waals surface area contributed by atoms with Crippen molar-refractivity contribution >= 4 is 11.9 Å². The normalized spacial score (nSPS) is 15.8. The second kappa shape index (κ2) is 14.7. The van der Waals surface area contributed by atoms with Crippen molar-refractivity contribution in [2.45, 2.75) is 92.2 Å². The molecule has 0 aromatic rings. The maximum atomic E-state index is 12.3. The van der Waals surface area contributed by atoms with Gasteiger partial charge in [-0.25, -0.2) is 4.79 Å². The monoisotopic (exact) mass is 486 g/mol. The van der Waals surface area contributed by atoms with Gasteiger partial charge in [0.1, 0.15) is 0 Å². The first-order chi connectivity index (χ1) is 15.7. The molecule has 0 saturated carbocycles. The van der Waals surface area contributed by atoms with E-state index >= 15 is 0 Å². The van der Waals surface area contributed by atoms with Crippen LogP contribution in [0.3, 0.4) is 0 Å². The van der Waals surface area contributed by atoms with Crippen molar-refractivity contribution in [1.29, 1.82) is 0 Å². The second-order valence-electron chi connectivity index (χ2n) is 9.89. The van der Waals surface area contributed by atoms with Crippen LogP contribution < -0.4 is 0 Å². The maximum absolute atomic E-state index is 12.3. The summed E-state index contributed by atoms with van der Waals surface area (Å²) in [5.41, 5.74) is -1.06. The highest BCUT2D eigenvalue weighted by molar-refractivity contribution is 5.88. The number of esters is 2. The van der Waals surface area contributed by atoms with E-state index in [9.17, 15) is 29.8 Å². The summed E-state index contributed by atoms with van der Waals surface area (Å²) in [5.74, 6) is -2.23. The molecule has 4 atom stereocenters. The standard InChI is InChI=1S/C24H42N2O8/c1-9-33-23(28)20(17(4)5)15-24(8,26(31)32)13-12-18(6)21(25(29)30)11-10-14-34-22(27)19(7)16(2)3/h16-18,20-21H,7,9-15H2,1-6,8H3. The van der Waals surface area contributed by atoms with Crippen molar-refractivity contribution in [2.24, 2.45) is 23.7 Å². The highest BCUT2D eigenvalue weighted by atomic mass is 16.6. The Bertz CT molecular complexity index is 722. The lowest BCUT2D eigenvalue weighted by Crippen LogP contribution is -2.41. The Morgan fingerprint density at radius 1 is 1.03 bits per heavy atom. The van der Waals surface area contributed by atoms with Gasteiger partial charge >= 0.3 is 11.9 Å². The largest absolute Gasteiger partial charge is 0.466 e. The number of ether oxygens (including phenoxy) is 2. The van der Waals surface area contributed by atoms with E-state index in [1.165, 1.54) is 6.92 Å². The van der Waals surface area contributed by atoms with E-state index in [0.29, 0.717) is 12.0 Å². The van der Waals surface area contributed by atoms with E-state index in [0.717, 1.165) is 0 Å². The molecular formula is C24H42N2O8. The van der Waals surface area contributed by atoms with Crippen LogP contribution in [-0.2, 0) is 19.1 Å². The maximum Gasteiger partial charge on any atom is 0.333 e. The van der Waals surface area contributed by atoms with Crippen LogP contribution in [0.25, 0.3) is 0 Å². The lowest BCUT2D eigenvalue weighted by atomic mass is 9.78. The van der Waals surface area contributed by atoms with Crippen LogP contribution >= 0.6 is 0 Å². The number of nitrogens with zero attached hydrogens (tertiary/aromatic N) is 2. The smallest absolute Gasteiger partial charge is 0.333 e. The lowest BCUT2D eigenvalue weighted by molar-refractivity contribution is -0.570. The van der Waals surface area contributed by atoms with Crippen LogP contribution in [0, 0.1) is 43.9 Å². The Hall–Kier alpha value is -2.52. The molecule has 0 heterocycles. The van der Waals surface area contributed by atoms with Gasteiger partial charge in [0.2, 0.25) is 11.6 Å². The molecule has 0 N–H and O–H groups in total. The van der Waals surface area contributed by atoms with E-state index < -0.39 is 40.3 Å². The first kappa shape index (κ1) is 31.5. The first-order valence-electron chi connectivity index (χ1n) is 12.0.